The molecule has 0 aliphatic heterocycles. The number of primary amides is 1. The van der Waals surface area contributed by atoms with E-state index in [1.165, 1.54) is 0 Å². The van der Waals surface area contributed by atoms with Crippen LogP contribution in [0.4, 0.5) is 4.79 Å². The van der Waals surface area contributed by atoms with Gasteiger partial charge in [0.2, 0.25) is 11.8 Å². The summed E-state index contributed by atoms with van der Waals surface area (Å²) in [6, 6.07) is 10.7. The number of H-pyrrole nitrogens is 1. The van der Waals surface area contributed by atoms with Crippen molar-refractivity contribution in [1.82, 2.24) is 25.5 Å². The standard InChI is InChI=1S/C29H36N6O7/c1-3-17(2)23(25(37)32-21(27(39)40)14-9-15-31-28(30)41)34-24(36)22(16-18-10-5-4-6-11-18)35-26(38)19-12-7-8-13-20(19)33-29(35)42/h4-8,10-13,17,21-23H,3,9,14-16H2,1-2H3,(H,32,37)(H,33,42)(H,34,36)(H,39,40)(H3,30,31,41)/t17-,21+,22-,23+/m1/s1. The number of hydrogen-bond donors (Lipinski definition) is 6. The largest absolute Gasteiger partial charge is 0.480 e. The van der Waals surface area contributed by atoms with E-state index in [1.54, 1.807) is 68.4 Å². The second kappa shape index (κ2) is 14.6. The van der Waals surface area contributed by atoms with E-state index in [0.29, 0.717) is 17.5 Å². The van der Waals surface area contributed by atoms with Crippen LogP contribution in [0.1, 0.15) is 44.7 Å². The third kappa shape index (κ3) is 8.05. The number of aromatic nitrogens is 2. The first-order chi connectivity index (χ1) is 20.0. The minimum atomic E-state index is -1.32. The lowest BCUT2D eigenvalue weighted by atomic mass is 9.96. The number of aliphatic carboxylic acids is 1. The second-order valence-electron chi connectivity index (χ2n) is 10.1. The second-order valence-corrected chi connectivity index (χ2v) is 10.1. The highest BCUT2D eigenvalue weighted by atomic mass is 16.4. The first-order valence-electron chi connectivity index (χ1n) is 13.7. The monoisotopic (exact) mass is 580 g/mol. The Hall–Kier alpha value is -4.94. The van der Waals surface area contributed by atoms with Gasteiger partial charge in [0.25, 0.3) is 5.56 Å². The average Bonchev–Trinajstić information content (AvgIpc) is 2.96. The predicted molar refractivity (Wildman–Crippen MR) is 156 cm³/mol. The van der Waals surface area contributed by atoms with Gasteiger partial charge in [-0.25, -0.2) is 19.0 Å². The summed E-state index contributed by atoms with van der Waals surface area (Å²) in [5.41, 5.74) is 4.58. The number of carboxylic acid groups (broad SMARTS) is 1. The number of nitrogens with two attached hydrogens (primary N) is 1. The summed E-state index contributed by atoms with van der Waals surface area (Å²) in [4.78, 5) is 79.2. The van der Waals surface area contributed by atoms with Crippen molar-refractivity contribution >= 4 is 34.7 Å². The van der Waals surface area contributed by atoms with Crippen molar-refractivity contribution < 1.29 is 24.3 Å². The molecule has 42 heavy (non-hydrogen) atoms. The maximum atomic E-state index is 13.8. The molecule has 0 aliphatic carbocycles. The summed E-state index contributed by atoms with van der Waals surface area (Å²) in [5.74, 6) is -3.19. The quantitative estimate of drug-likeness (QED) is 0.153. The summed E-state index contributed by atoms with van der Waals surface area (Å²) >= 11 is 0. The van der Waals surface area contributed by atoms with Crippen molar-refractivity contribution in [3.63, 3.8) is 0 Å². The molecule has 0 fully saturated rings. The lowest BCUT2D eigenvalue weighted by Gasteiger charge is -2.28. The van der Waals surface area contributed by atoms with Gasteiger partial charge >= 0.3 is 17.7 Å². The van der Waals surface area contributed by atoms with Crippen LogP contribution in [0.3, 0.4) is 0 Å². The van der Waals surface area contributed by atoms with Crippen LogP contribution in [0.15, 0.2) is 64.2 Å². The van der Waals surface area contributed by atoms with Gasteiger partial charge in [-0.15, -0.1) is 0 Å². The molecule has 0 unspecified atom stereocenters. The Balaban J connectivity index is 1.93. The molecule has 7 N–H and O–H groups in total. The van der Waals surface area contributed by atoms with E-state index in [1.807, 2.05) is 0 Å². The smallest absolute Gasteiger partial charge is 0.329 e. The van der Waals surface area contributed by atoms with Crippen LogP contribution in [0.2, 0.25) is 0 Å². The van der Waals surface area contributed by atoms with E-state index in [0.717, 1.165) is 4.57 Å². The van der Waals surface area contributed by atoms with E-state index in [9.17, 15) is 33.9 Å². The first-order valence-corrected chi connectivity index (χ1v) is 13.7. The lowest BCUT2D eigenvalue weighted by molar-refractivity contribution is -0.142. The van der Waals surface area contributed by atoms with Crippen LogP contribution >= 0.6 is 0 Å². The number of amides is 4. The number of nitrogens with one attached hydrogen (secondary N) is 4. The third-order valence-electron chi connectivity index (χ3n) is 7.10. The van der Waals surface area contributed by atoms with Gasteiger partial charge in [-0.2, -0.15) is 0 Å². The van der Waals surface area contributed by atoms with E-state index >= 15 is 0 Å². The highest BCUT2D eigenvalue weighted by Gasteiger charge is 2.33. The van der Waals surface area contributed by atoms with E-state index < -0.39 is 59.1 Å². The number of urea groups is 1. The van der Waals surface area contributed by atoms with Crippen LogP contribution in [0, 0.1) is 5.92 Å². The minimum Gasteiger partial charge on any atom is -0.480 e. The Labute approximate surface area is 241 Å². The topological polar surface area (TPSA) is 205 Å². The molecule has 1 heterocycles. The molecule has 224 valence electrons. The van der Waals surface area contributed by atoms with E-state index in [4.69, 9.17) is 5.73 Å². The Kier molecular flexibility index (Phi) is 11.0. The fraction of sp³-hybridized carbons (Fsp3) is 0.379. The molecule has 3 rings (SSSR count). The van der Waals surface area contributed by atoms with Gasteiger partial charge in [0.1, 0.15) is 18.1 Å². The molecule has 0 spiro atoms. The molecule has 13 nitrogen and oxygen atoms in total. The Morgan fingerprint density at radius 2 is 1.64 bits per heavy atom. The van der Waals surface area contributed by atoms with Crippen molar-refractivity contribution in [3.8, 4) is 0 Å². The van der Waals surface area contributed by atoms with Crippen LogP contribution < -0.4 is 32.9 Å². The van der Waals surface area contributed by atoms with Crippen molar-refractivity contribution in [1.29, 1.82) is 0 Å². The zero-order valence-corrected chi connectivity index (χ0v) is 23.5. The molecule has 0 bridgehead atoms. The fourth-order valence-corrected chi connectivity index (χ4v) is 4.59. The zero-order chi connectivity index (χ0) is 30.8. The molecule has 4 amide bonds. The number of benzene rings is 2. The summed E-state index contributed by atoms with van der Waals surface area (Å²) in [7, 11) is 0. The molecule has 1 aromatic heterocycles. The number of carbonyl (C=O) groups is 4. The first kappa shape index (κ1) is 31.6. The molecule has 0 aliphatic rings. The number of fused-ring (bicyclic) bond motifs is 1. The normalized spacial score (nSPS) is 13.9. The summed E-state index contributed by atoms with van der Waals surface area (Å²) in [5, 5.41) is 17.4. The maximum Gasteiger partial charge on any atom is 0.329 e. The highest BCUT2D eigenvalue weighted by molar-refractivity contribution is 5.92. The summed E-state index contributed by atoms with van der Waals surface area (Å²) in [6.45, 7) is 3.65. The van der Waals surface area contributed by atoms with Crippen molar-refractivity contribution in [3.05, 3.63) is 81.0 Å². The van der Waals surface area contributed by atoms with Gasteiger partial charge in [0.05, 0.1) is 10.9 Å². The molecule has 2 aromatic carbocycles. The number of para-hydroxylation sites is 1. The number of aromatic amines is 1. The van der Waals surface area contributed by atoms with Gasteiger partial charge in [0.15, 0.2) is 0 Å². The average molecular weight is 581 g/mol. The summed E-state index contributed by atoms with van der Waals surface area (Å²) < 4.78 is 0.849. The maximum absolute atomic E-state index is 13.8. The molecular weight excluding hydrogens is 544 g/mol. The Bertz CT molecular complexity index is 1530. The third-order valence-corrected chi connectivity index (χ3v) is 7.10. The van der Waals surface area contributed by atoms with Gasteiger partial charge in [-0.1, -0.05) is 62.7 Å². The van der Waals surface area contributed by atoms with Gasteiger partial charge in [0, 0.05) is 13.0 Å². The van der Waals surface area contributed by atoms with Crippen LogP contribution in [0.25, 0.3) is 10.9 Å². The van der Waals surface area contributed by atoms with E-state index in [2.05, 4.69) is 20.9 Å². The van der Waals surface area contributed by atoms with Gasteiger partial charge < -0.3 is 31.8 Å². The number of carbonyl (C=O) groups excluding carboxylic acids is 3. The highest BCUT2D eigenvalue weighted by Crippen LogP contribution is 2.16. The lowest BCUT2D eigenvalue weighted by Crippen LogP contribution is -2.56. The van der Waals surface area contributed by atoms with Gasteiger partial charge in [-0.3, -0.25) is 14.4 Å². The van der Waals surface area contributed by atoms with Crippen LogP contribution in [-0.4, -0.2) is 57.1 Å². The number of nitrogens with zero attached hydrogens (tertiary/aromatic N) is 1. The molecular formula is C29H36N6O7. The SMILES string of the molecule is CC[C@@H](C)[C@H](NC(=O)[C@@H](Cc1ccccc1)n1c(=O)[nH]c2ccccc2c1=O)C(=O)N[C@@H](CCCNC(N)=O)C(=O)O. The predicted octanol–water partition coefficient (Wildman–Crippen LogP) is 1.02. The minimum absolute atomic E-state index is 0.00101. The zero-order valence-electron chi connectivity index (χ0n) is 23.5. The molecule has 0 saturated heterocycles. The van der Waals surface area contributed by atoms with Crippen molar-refractivity contribution in [2.45, 2.75) is 57.7 Å². The summed E-state index contributed by atoms with van der Waals surface area (Å²) in [6.07, 6.45) is 0.667. The number of hydrogen-bond acceptors (Lipinski definition) is 6. The van der Waals surface area contributed by atoms with Crippen molar-refractivity contribution in [2.24, 2.45) is 11.7 Å². The molecule has 0 saturated carbocycles. The van der Waals surface area contributed by atoms with Crippen molar-refractivity contribution in [2.75, 3.05) is 6.54 Å². The molecule has 0 radical (unpaired) electrons. The number of carboxylic acids is 1. The van der Waals surface area contributed by atoms with Crippen LogP contribution in [0.5, 0.6) is 0 Å². The van der Waals surface area contributed by atoms with E-state index in [-0.39, 0.29) is 31.2 Å². The Morgan fingerprint density at radius 3 is 2.29 bits per heavy atom. The molecule has 13 heteroatoms. The molecule has 3 aromatic rings. The van der Waals surface area contributed by atoms with Gasteiger partial charge in [-0.05, 0) is 36.5 Å². The van der Waals surface area contributed by atoms with Crippen LogP contribution in [-0.2, 0) is 20.8 Å². The molecule has 4 atom stereocenters. The fourth-order valence-electron chi connectivity index (χ4n) is 4.59. The number of rotatable bonds is 14. The Morgan fingerprint density at radius 1 is 0.976 bits per heavy atom.